The summed E-state index contributed by atoms with van der Waals surface area (Å²) in [6.45, 7) is 0. The number of rotatable bonds is 4. The SMILES string of the molecule is c1ccc(-c2ccc(N(c3ccc4c(c3)C35c6ccccc6-c6cccc(c63)-c3cccc-4c35)c3cccc4c3-c3ccccc3C43c4ccccc4-c4ccccc43)cc2)cc1. The Morgan fingerprint density at radius 2 is 0.667 bits per heavy atom. The molecular weight excluding hydrogens is 759 g/mol. The zero-order valence-electron chi connectivity index (χ0n) is 34.3. The Balaban J connectivity index is 1.02. The van der Waals surface area contributed by atoms with Gasteiger partial charge in [-0.25, -0.2) is 0 Å². The monoisotopic (exact) mass is 795 g/mol. The van der Waals surface area contributed by atoms with Crippen molar-refractivity contribution in [2.45, 2.75) is 10.8 Å². The van der Waals surface area contributed by atoms with Crippen LogP contribution in [0.5, 0.6) is 0 Å². The van der Waals surface area contributed by atoms with Gasteiger partial charge in [-0.1, -0.05) is 194 Å². The van der Waals surface area contributed by atoms with Crippen LogP contribution in [0.15, 0.2) is 224 Å². The normalized spacial score (nSPS) is 16.1. The molecule has 1 nitrogen and oxygen atoms in total. The quantitative estimate of drug-likeness (QED) is 0.171. The van der Waals surface area contributed by atoms with Gasteiger partial charge in [-0.2, -0.15) is 0 Å². The third kappa shape index (κ3) is 3.92. The van der Waals surface area contributed by atoms with Crippen LogP contribution in [0.3, 0.4) is 0 Å². The molecule has 15 rings (SSSR count). The summed E-state index contributed by atoms with van der Waals surface area (Å²) in [4.78, 5) is 2.56. The maximum atomic E-state index is 2.56. The number of hydrogen-bond acceptors (Lipinski definition) is 1. The van der Waals surface area contributed by atoms with Crippen LogP contribution in [0.4, 0.5) is 17.1 Å². The summed E-state index contributed by atoms with van der Waals surface area (Å²) in [5.74, 6) is 0. The molecule has 10 aromatic rings. The second kappa shape index (κ2) is 11.9. The summed E-state index contributed by atoms with van der Waals surface area (Å²) in [6.07, 6.45) is 0. The lowest BCUT2D eigenvalue weighted by molar-refractivity contribution is 0.793. The molecular formula is C62H37N. The predicted molar refractivity (Wildman–Crippen MR) is 258 cm³/mol. The smallest absolute Gasteiger partial charge is 0.0738 e. The molecule has 0 heterocycles. The Morgan fingerprint density at radius 3 is 1.29 bits per heavy atom. The van der Waals surface area contributed by atoms with Gasteiger partial charge in [0.1, 0.15) is 0 Å². The first kappa shape index (κ1) is 33.7. The Bertz CT molecular complexity index is 3550. The fourth-order valence-corrected chi connectivity index (χ4v) is 13.1. The van der Waals surface area contributed by atoms with Crippen molar-refractivity contribution in [2.24, 2.45) is 0 Å². The van der Waals surface area contributed by atoms with Crippen molar-refractivity contribution in [1.29, 1.82) is 0 Å². The van der Waals surface area contributed by atoms with Gasteiger partial charge in [0.05, 0.1) is 16.5 Å². The van der Waals surface area contributed by atoms with E-state index in [1.807, 2.05) is 0 Å². The van der Waals surface area contributed by atoms with Crippen molar-refractivity contribution < 1.29 is 0 Å². The second-order valence-corrected chi connectivity index (χ2v) is 17.8. The van der Waals surface area contributed by atoms with Gasteiger partial charge < -0.3 is 4.90 Å². The third-order valence-electron chi connectivity index (χ3n) is 15.2. The first-order valence-electron chi connectivity index (χ1n) is 22.2. The molecule has 0 amide bonds. The molecule has 0 radical (unpaired) electrons. The molecule has 1 unspecified atom stereocenters. The van der Waals surface area contributed by atoms with E-state index in [0.717, 1.165) is 11.4 Å². The number of fused-ring (bicyclic) bond motifs is 15. The van der Waals surface area contributed by atoms with Gasteiger partial charge in [-0.15, -0.1) is 0 Å². The van der Waals surface area contributed by atoms with Crippen LogP contribution in [0.25, 0.3) is 66.8 Å². The number of nitrogens with zero attached hydrogens (tertiary/aromatic N) is 1. The van der Waals surface area contributed by atoms with E-state index in [0.29, 0.717) is 0 Å². The maximum Gasteiger partial charge on any atom is 0.0738 e. The molecule has 5 aliphatic rings. The number of hydrogen-bond donors (Lipinski definition) is 0. The van der Waals surface area contributed by atoms with Crippen LogP contribution in [-0.4, -0.2) is 0 Å². The minimum absolute atomic E-state index is 0.380. The molecule has 290 valence electrons. The minimum Gasteiger partial charge on any atom is -0.310 e. The molecule has 1 heteroatoms. The van der Waals surface area contributed by atoms with E-state index in [1.165, 1.54) is 117 Å². The number of anilines is 3. The van der Waals surface area contributed by atoms with Gasteiger partial charge in [-0.3, -0.25) is 0 Å². The topological polar surface area (TPSA) is 3.24 Å². The Labute approximate surface area is 366 Å². The van der Waals surface area contributed by atoms with E-state index in [1.54, 1.807) is 0 Å². The largest absolute Gasteiger partial charge is 0.310 e. The van der Waals surface area contributed by atoms with Crippen LogP contribution in [0.2, 0.25) is 0 Å². The van der Waals surface area contributed by atoms with Gasteiger partial charge in [-0.05, 0) is 136 Å². The lowest BCUT2D eigenvalue weighted by Crippen LogP contribution is -2.26. The van der Waals surface area contributed by atoms with Crippen molar-refractivity contribution in [3.8, 4) is 66.8 Å². The average Bonchev–Trinajstić information content (AvgIpc) is 4.11. The molecule has 0 aliphatic heterocycles. The first-order valence-corrected chi connectivity index (χ1v) is 22.2. The lowest BCUT2D eigenvalue weighted by atomic mass is 9.70. The zero-order chi connectivity index (χ0) is 41.0. The van der Waals surface area contributed by atoms with Crippen LogP contribution >= 0.6 is 0 Å². The Morgan fingerprint density at radius 1 is 0.254 bits per heavy atom. The highest BCUT2D eigenvalue weighted by Crippen LogP contribution is 2.71. The minimum atomic E-state index is -0.440. The van der Waals surface area contributed by atoms with E-state index in [4.69, 9.17) is 0 Å². The average molecular weight is 796 g/mol. The van der Waals surface area contributed by atoms with Crippen molar-refractivity contribution in [2.75, 3.05) is 4.90 Å². The summed E-state index contributed by atoms with van der Waals surface area (Å²) in [6, 6.07) is 84.9. The Kier molecular flexibility index (Phi) is 6.35. The molecule has 5 aliphatic carbocycles. The molecule has 0 bridgehead atoms. The van der Waals surface area contributed by atoms with Crippen LogP contribution in [0, 0.1) is 0 Å². The van der Waals surface area contributed by atoms with Gasteiger partial charge in [0.15, 0.2) is 0 Å². The molecule has 63 heavy (non-hydrogen) atoms. The fourth-order valence-electron chi connectivity index (χ4n) is 13.1. The van der Waals surface area contributed by atoms with E-state index in [9.17, 15) is 0 Å². The predicted octanol–water partition coefficient (Wildman–Crippen LogP) is 15.5. The molecule has 10 aromatic carbocycles. The van der Waals surface area contributed by atoms with Crippen LogP contribution in [-0.2, 0) is 10.8 Å². The van der Waals surface area contributed by atoms with E-state index >= 15 is 0 Å². The zero-order valence-corrected chi connectivity index (χ0v) is 34.3. The second-order valence-electron chi connectivity index (χ2n) is 17.8. The van der Waals surface area contributed by atoms with E-state index in [-0.39, 0.29) is 5.41 Å². The molecule has 0 aromatic heterocycles. The standard InChI is InChI=1S/C62H37N/c1-2-15-38(16-3-1)39-31-33-40(34-32-39)63(57-30-14-29-55-58(57)50-20-7-11-28-54(50)61(55)51-25-8-4-17-42(51)43-18-5-9-26-52(43)61)41-35-36-45-47-22-13-24-49-48-23-12-21-46-44-19-6-10-27-53(44)62(59(46)48,60(47)49)56(45)37-41/h1-37H. The maximum absolute atomic E-state index is 2.56. The third-order valence-corrected chi connectivity index (χ3v) is 15.2. The highest BCUT2D eigenvalue weighted by atomic mass is 15.1. The summed E-state index contributed by atoms with van der Waals surface area (Å²) in [5, 5.41) is 0. The first-order chi connectivity index (χ1) is 31.3. The van der Waals surface area contributed by atoms with Crippen molar-refractivity contribution >= 4 is 17.1 Å². The van der Waals surface area contributed by atoms with Gasteiger partial charge in [0, 0.05) is 16.9 Å². The van der Waals surface area contributed by atoms with Crippen molar-refractivity contribution in [3.05, 3.63) is 269 Å². The molecule has 0 fully saturated rings. The van der Waals surface area contributed by atoms with Gasteiger partial charge in [0.25, 0.3) is 0 Å². The summed E-state index contributed by atoms with van der Waals surface area (Å²) >= 11 is 0. The van der Waals surface area contributed by atoms with Crippen molar-refractivity contribution in [1.82, 2.24) is 0 Å². The molecule has 0 N–H and O–H groups in total. The fraction of sp³-hybridized carbons (Fsp3) is 0.0323. The highest BCUT2D eigenvalue weighted by molar-refractivity contribution is 6.07. The highest BCUT2D eigenvalue weighted by Gasteiger charge is 2.58. The summed E-state index contributed by atoms with van der Waals surface area (Å²) in [5.41, 5.74) is 29.4. The summed E-state index contributed by atoms with van der Waals surface area (Å²) in [7, 11) is 0. The Hall–Kier alpha value is -8.00. The number of benzene rings is 10. The van der Waals surface area contributed by atoms with Gasteiger partial charge >= 0.3 is 0 Å². The molecule has 0 saturated carbocycles. The molecule has 2 spiro atoms. The summed E-state index contributed by atoms with van der Waals surface area (Å²) < 4.78 is 0. The lowest BCUT2D eigenvalue weighted by Gasteiger charge is -2.32. The van der Waals surface area contributed by atoms with Crippen LogP contribution in [0.1, 0.15) is 44.5 Å². The molecule has 1 atom stereocenters. The van der Waals surface area contributed by atoms with E-state index < -0.39 is 5.41 Å². The van der Waals surface area contributed by atoms with Crippen LogP contribution < -0.4 is 4.90 Å². The van der Waals surface area contributed by atoms with Gasteiger partial charge in [0.2, 0.25) is 0 Å². The van der Waals surface area contributed by atoms with Crippen molar-refractivity contribution in [3.63, 3.8) is 0 Å². The molecule has 0 saturated heterocycles. The van der Waals surface area contributed by atoms with E-state index in [2.05, 4.69) is 229 Å².